The molecule has 1 atom stereocenters. The molecule has 0 spiro atoms. The van der Waals surface area contributed by atoms with Crippen LogP contribution in [0.5, 0.6) is 0 Å². The summed E-state index contributed by atoms with van der Waals surface area (Å²) in [6.45, 7) is 6.72. The fourth-order valence-electron chi connectivity index (χ4n) is 4.58. The van der Waals surface area contributed by atoms with Crippen LogP contribution in [0.2, 0.25) is 10.0 Å². The number of rotatable bonds is 7. The van der Waals surface area contributed by atoms with Crippen LogP contribution >= 0.6 is 46.3 Å². The molecule has 1 heterocycles. The number of methoxy groups -OCH3 is 1. The molecule has 2 N–H and O–H groups in total. The van der Waals surface area contributed by atoms with Crippen molar-refractivity contribution in [3.63, 3.8) is 0 Å². The average molecular weight is 606 g/mol. The topological polar surface area (TPSA) is 84.5 Å². The van der Waals surface area contributed by atoms with E-state index in [9.17, 15) is 14.4 Å². The highest BCUT2D eigenvalue weighted by Gasteiger charge is 2.34. The summed E-state index contributed by atoms with van der Waals surface area (Å²) < 4.78 is 5.06. The van der Waals surface area contributed by atoms with E-state index in [-0.39, 0.29) is 28.0 Å². The molecule has 2 aromatic carbocycles. The minimum absolute atomic E-state index is 0.133. The van der Waals surface area contributed by atoms with Crippen LogP contribution in [0.1, 0.15) is 58.3 Å². The SMILES string of the molecule is COC(=O)c1c(NC(=O)CSc2cccc(NC(=O)c3ccc(Cl)cc3Cl)c2)sc2c1CCC(C(C)(C)C)C2. The number of fused-ring (bicyclic) bond motifs is 1. The minimum Gasteiger partial charge on any atom is -0.465 e. The van der Waals surface area contributed by atoms with Gasteiger partial charge in [-0.25, -0.2) is 4.79 Å². The molecule has 0 fully saturated rings. The Bertz CT molecular complexity index is 1410. The molecule has 0 radical (unpaired) electrons. The Morgan fingerprint density at radius 2 is 1.87 bits per heavy atom. The van der Waals surface area contributed by atoms with Gasteiger partial charge in [0.05, 0.1) is 29.0 Å². The Balaban J connectivity index is 1.42. The number of anilines is 2. The molecule has 1 aliphatic rings. The molecule has 3 aromatic rings. The molecule has 1 aromatic heterocycles. The predicted molar refractivity (Wildman–Crippen MR) is 161 cm³/mol. The van der Waals surface area contributed by atoms with Gasteiger partial charge < -0.3 is 15.4 Å². The number of nitrogens with one attached hydrogen (secondary N) is 2. The van der Waals surface area contributed by atoms with Crippen molar-refractivity contribution in [2.45, 2.75) is 44.9 Å². The first-order chi connectivity index (χ1) is 18.5. The summed E-state index contributed by atoms with van der Waals surface area (Å²) in [6, 6.07) is 11.9. The van der Waals surface area contributed by atoms with Gasteiger partial charge in [0.2, 0.25) is 5.91 Å². The summed E-state index contributed by atoms with van der Waals surface area (Å²) in [6.07, 6.45) is 2.68. The Kier molecular flexibility index (Phi) is 9.32. The molecular formula is C29H30Cl2N2O4S2. The second-order valence-corrected chi connectivity index (χ2v) is 13.4. The second-order valence-electron chi connectivity index (χ2n) is 10.4. The van der Waals surface area contributed by atoms with Crippen LogP contribution in [0, 0.1) is 11.3 Å². The first-order valence-corrected chi connectivity index (χ1v) is 15.0. The fourth-order valence-corrected chi connectivity index (χ4v) is 7.16. The highest BCUT2D eigenvalue weighted by molar-refractivity contribution is 8.00. The summed E-state index contributed by atoms with van der Waals surface area (Å²) in [4.78, 5) is 40.2. The lowest BCUT2D eigenvalue weighted by Gasteiger charge is -2.33. The fraction of sp³-hybridized carbons (Fsp3) is 0.345. The van der Waals surface area contributed by atoms with Gasteiger partial charge >= 0.3 is 5.97 Å². The van der Waals surface area contributed by atoms with E-state index in [4.69, 9.17) is 27.9 Å². The van der Waals surface area contributed by atoms with Gasteiger partial charge in [0.25, 0.3) is 5.91 Å². The third-order valence-corrected chi connectivity index (χ3v) is 9.48. The van der Waals surface area contributed by atoms with E-state index in [0.29, 0.717) is 32.8 Å². The van der Waals surface area contributed by atoms with E-state index in [1.54, 1.807) is 30.3 Å². The van der Waals surface area contributed by atoms with Crippen LogP contribution in [0.3, 0.4) is 0 Å². The van der Waals surface area contributed by atoms with Gasteiger partial charge in [-0.05, 0) is 72.6 Å². The van der Waals surface area contributed by atoms with Gasteiger partial charge in [-0.1, -0.05) is 50.0 Å². The molecule has 1 aliphatic carbocycles. The molecule has 4 rings (SSSR count). The molecule has 0 saturated heterocycles. The number of ether oxygens (including phenoxy) is 1. The van der Waals surface area contributed by atoms with E-state index >= 15 is 0 Å². The van der Waals surface area contributed by atoms with Crippen LogP contribution in [0.4, 0.5) is 10.7 Å². The molecule has 6 nitrogen and oxygen atoms in total. The van der Waals surface area contributed by atoms with Crippen molar-refractivity contribution in [3.8, 4) is 0 Å². The Morgan fingerprint density at radius 1 is 1.10 bits per heavy atom. The summed E-state index contributed by atoms with van der Waals surface area (Å²) >= 11 is 14.9. The number of carbonyl (C=O) groups excluding carboxylic acids is 3. The van der Waals surface area contributed by atoms with Gasteiger partial charge in [0, 0.05) is 20.5 Å². The van der Waals surface area contributed by atoms with Crippen LogP contribution < -0.4 is 10.6 Å². The quantitative estimate of drug-likeness (QED) is 0.211. The zero-order chi connectivity index (χ0) is 28.3. The third kappa shape index (κ3) is 7.17. The summed E-state index contributed by atoms with van der Waals surface area (Å²) in [7, 11) is 1.36. The number of thiophene rings is 1. The number of benzene rings is 2. The van der Waals surface area contributed by atoms with Gasteiger partial charge in [-0.3, -0.25) is 9.59 Å². The molecule has 0 saturated carbocycles. The monoisotopic (exact) mass is 604 g/mol. The lowest BCUT2D eigenvalue weighted by atomic mass is 9.72. The smallest absolute Gasteiger partial charge is 0.341 e. The first kappa shape index (κ1) is 29.5. The van der Waals surface area contributed by atoms with Crippen molar-refractivity contribution >= 4 is 74.8 Å². The summed E-state index contributed by atoms with van der Waals surface area (Å²) in [5, 5.41) is 7.03. The van der Waals surface area contributed by atoms with Gasteiger partial charge in [-0.2, -0.15) is 0 Å². The van der Waals surface area contributed by atoms with Crippen molar-refractivity contribution in [1.82, 2.24) is 0 Å². The van der Waals surface area contributed by atoms with Gasteiger partial charge in [0.15, 0.2) is 0 Å². The zero-order valence-corrected chi connectivity index (χ0v) is 25.3. The van der Waals surface area contributed by atoms with Crippen molar-refractivity contribution in [2.75, 3.05) is 23.5 Å². The van der Waals surface area contributed by atoms with Crippen LogP contribution in [0.25, 0.3) is 0 Å². The number of carbonyl (C=O) groups is 3. The second kappa shape index (κ2) is 12.3. The normalized spacial score (nSPS) is 14.9. The lowest BCUT2D eigenvalue weighted by Crippen LogP contribution is -2.26. The number of esters is 1. The number of hydrogen-bond donors (Lipinski definition) is 2. The average Bonchev–Trinajstić information content (AvgIpc) is 3.23. The molecule has 39 heavy (non-hydrogen) atoms. The first-order valence-electron chi connectivity index (χ1n) is 12.5. The standard InChI is InChI=1S/C29H30Cl2N2O4S2/c1-29(2,3)16-8-10-21-23(12-16)39-27(25(21)28(36)37-4)33-24(34)15-38-19-7-5-6-18(14-19)32-26(35)20-11-9-17(30)13-22(20)31/h5-7,9,11,13-14,16H,8,10,12,15H2,1-4H3,(H,32,35)(H,33,34). The van der Waals surface area contributed by atoms with E-state index in [0.717, 1.165) is 34.6 Å². The van der Waals surface area contributed by atoms with Gasteiger partial charge in [0.1, 0.15) is 5.00 Å². The minimum atomic E-state index is -0.422. The van der Waals surface area contributed by atoms with Gasteiger partial charge in [-0.15, -0.1) is 23.1 Å². The lowest BCUT2D eigenvalue weighted by molar-refractivity contribution is -0.113. The summed E-state index contributed by atoms with van der Waals surface area (Å²) in [5.41, 5.74) is 2.53. The van der Waals surface area contributed by atoms with E-state index < -0.39 is 5.97 Å². The molecule has 206 valence electrons. The van der Waals surface area contributed by atoms with E-state index in [2.05, 4.69) is 31.4 Å². The number of thioether (sulfide) groups is 1. The predicted octanol–water partition coefficient (Wildman–Crippen LogP) is 7.98. The Labute approximate surface area is 246 Å². The molecule has 0 aliphatic heterocycles. The number of amides is 2. The van der Waals surface area contributed by atoms with Crippen molar-refractivity contribution in [2.24, 2.45) is 11.3 Å². The summed E-state index contributed by atoms with van der Waals surface area (Å²) in [5.74, 6) is -0.361. The van der Waals surface area contributed by atoms with E-state index in [1.807, 2.05) is 6.07 Å². The Morgan fingerprint density at radius 3 is 2.56 bits per heavy atom. The highest BCUT2D eigenvalue weighted by atomic mass is 35.5. The van der Waals surface area contributed by atoms with Crippen molar-refractivity contribution in [3.05, 3.63) is 74.1 Å². The maximum absolute atomic E-state index is 12.9. The third-order valence-electron chi connectivity index (χ3n) is 6.77. The van der Waals surface area contributed by atoms with Crippen LogP contribution in [-0.2, 0) is 22.4 Å². The molecule has 0 bridgehead atoms. The van der Waals surface area contributed by atoms with Crippen LogP contribution in [-0.4, -0.2) is 30.6 Å². The number of hydrogen-bond acceptors (Lipinski definition) is 6. The zero-order valence-electron chi connectivity index (χ0n) is 22.2. The Hall–Kier alpha value is -2.52. The molecule has 1 unspecified atom stereocenters. The van der Waals surface area contributed by atoms with Crippen molar-refractivity contribution < 1.29 is 19.1 Å². The van der Waals surface area contributed by atoms with E-state index in [1.165, 1.54) is 36.3 Å². The van der Waals surface area contributed by atoms with Crippen LogP contribution in [0.15, 0.2) is 47.4 Å². The maximum Gasteiger partial charge on any atom is 0.341 e. The molecule has 2 amide bonds. The highest BCUT2D eigenvalue weighted by Crippen LogP contribution is 2.44. The largest absolute Gasteiger partial charge is 0.465 e. The maximum atomic E-state index is 12.9. The number of halogens is 2. The molecular weight excluding hydrogens is 575 g/mol. The van der Waals surface area contributed by atoms with Crippen molar-refractivity contribution in [1.29, 1.82) is 0 Å². The molecule has 10 heteroatoms.